The predicted molar refractivity (Wildman–Crippen MR) is 111 cm³/mol. The number of nitrogens with one attached hydrogen (secondary N) is 1. The summed E-state index contributed by atoms with van der Waals surface area (Å²) >= 11 is 0. The molecule has 0 saturated carbocycles. The minimum absolute atomic E-state index is 0.265. The van der Waals surface area contributed by atoms with Crippen LogP contribution in [0, 0.1) is 0 Å². The number of para-hydroxylation sites is 2. The third kappa shape index (κ3) is 3.76. The summed E-state index contributed by atoms with van der Waals surface area (Å²) in [7, 11) is 1.72. The Morgan fingerprint density at radius 2 is 1.89 bits per heavy atom. The Morgan fingerprint density at radius 1 is 1.11 bits per heavy atom. The monoisotopic (exact) mass is 379 g/mol. The van der Waals surface area contributed by atoms with Crippen LogP contribution in [0.5, 0.6) is 5.75 Å². The van der Waals surface area contributed by atoms with E-state index in [0.29, 0.717) is 5.58 Å². The van der Waals surface area contributed by atoms with Crippen LogP contribution < -0.4 is 20.2 Å². The molecule has 146 valence electrons. The van der Waals surface area contributed by atoms with E-state index in [1.54, 1.807) is 13.2 Å². The van der Waals surface area contributed by atoms with Crippen molar-refractivity contribution in [2.24, 2.45) is 0 Å². The number of rotatable bonds is 5. The third-order valence-corrected chi connectivity index (χ3v) is 5.64. The lowest BCUT2D eigenvalue weighted by atomic mass is 10.0. The number of quaternary nitrogens is 1. The smallest absolute Gasteiger partial charge is 0.336 e. The summed E-state index contributed by atoms with van der Waals surface area (Å²) in [5.74, 6) is 0.921. The van der Waals surface area contributed by atoms with Gasteiger partial charge in [-0.25, -0.2) is 4.79 Å². The van der Waals surface area contributed by atoms with E-state index in [4.69, 9.17) is 9.15 Å². The average molecular weight is 379 g/mol. The Labute approximate surface area is 165 Å². The minimum atomic E-state index is -0.265. The number of aryl methyl sites for hydroxylation is 1. The predicted octanol–water partition coefficient (Wildman–Crippen LogP) is 2.27. The first-order chi connectivity index (χ1) is 13.7. The van der Waals surface area contributed by atoms with E-state index in [2.05, 4.69) is 30.0 Å². The molecule has 0 unspecified atom stereocenters. The topological polar surface area (TPSA) is 47.1 Å². The molecule has 4 rings (SSSR count). The van der Waals surface area contributed by atoms with Gasteiger partial charge in [0.15, 0.2) is 0 Å². The zero-order chi connectivity index (χ0) is 19.5. The fourth-order valence-corrected chi connectivity index (χ4v) is 4.04. The van der Waals surface area contributed by atoms with Gasteiger partial charge in [0.25, 0.3) is 0 Å². The van der Waals surface area contributed by atoms with E-state index in [-0.39, 0.29) is 5.63 Å². The normalized spacial score (nSPS) is 15.1. The molecule has 2 aromatic carbocycles. The maximum absolute atomic E-state index is 12.0. The number of anilines is 1. The second kappa shape index (κ2) is 8.07. The van der Waals surface area contributed by atoms with Crippen LogP contribution in [-0.4, -0.2) is 33.3 Å². The molecule has 3 aromatic rings. The van der Waals surface area contributed by atoms with Crippen LogP contribution in [0.15, 0.2) is 57.7 Å². The molecule has 1 fully saturated rings. The molecule has 0 amide bonds. The molecule has 1 N–H and O–H groups in total. The molecule has 5 heteroatoms. The fraction of sp³-hybridized carbons (Fsp3) is 0.348. The van der Waals surface area contributed by atoms with Crippen molar-refractivity contribution in [3.05, 3.63) is 70.1 Å². The van der Waals surface area contributed by atoms with Crippen molar-refractivity contribution in [1.29, 1.82) is 0 Å². The highest BCUT2D eigenvalue weighted by Gasteiger charge is 2.23. The Balaban J connectivity index is 1.51. The van der Waals surface area contributed by atoms with Gasteiger partial charge in [-0.3, -0.25) is 0 Å². The summed E-state index contributed by atoms with van der Waals surface area (Å²) in [6.07, 6.45) is 0.971. The van der Waals surface area contributed by atoms with Crippen LogP contribution in [0.2, 0.25) is 0 Å². The van der Waals surface area contributed by atoms with Crippen LogP contribution in [0.3, 0.4) is 0 Å². The molecule has 0 atom stereocenters. The van der Waals surface area contributed by atoms with Crippen molar-refractivity contribution in [1.82, 2.24) is 0 Å². The summed E-state index contributed by atoms with van der Waals surface area (Å²) in [6.45, 7) is 6.96. The lowest BCUT2D eigenvalue weighted by Crippen LogP contribution is -3.13. The first-order valence-electron chi connectivity index (χ1n) is 9.95. The van der Waals surface area contributed by atoms with Crippen molar-refractivity contribution in [3.8, 4) is 5.75 Å². The number of hydrogen-bond acceptors (Lipinski definition) is 4. The molecule has 0 spiro atoms. The third-order valence-electron chi connectivity index (χ3n) is 5.64. The first-order valence-corrected chi connectivity index (χ1v) is 9.95. The first kappa shape index (κ1) is 18.6. The van der Waals surface area contributed by atoms with Crippen LogP contribution in [0.1, 0.15) is 18.1 Å². The van der Waals surface area contributed by atoms with Gasteiger partial charge in [0.1, 0.15) is 17.9 Å². The van der Waals surface area contributed by atoms with Crippen LogP contribution in [0.25, 0.3) is 11.0 Å². The fourth-order valence-electron chi connectivity index (χ4n) is 4.04. The Hall–Kier alpha value is -2.79. The average Bonchev–Trinajstić information content (AvgIpc) is 2.74. The van der Waals surface area contributed by atoms with Crippen molar-refractivity contribution in [3.63, 3.8) is 0 Å². The van der Waals surface area contributed by atoms with E-state index in [1.165, 1.54) is 10.5 Å². The highest BCUT2D eigenvalue weighted by atomic mass is 16.5. The molecule has 1 aliphatic rings. The SMILES string of the molecule is CCc1ccc2oc(=O)cc(C[NH+]3CCN(c4ccccc4OC)CC3)c2c1. The molecule has 0 bridgehead atoms. The van der Waals surface area contributed by atoms with Gasteiger partial charge in [0.05, 0.1) is 39.0 Å². The largest absolute Gasteiger partial charge is 0.495 e. The number of benzene rings is 2. The quantitative estimate of drug-likeness (QED) is 0.691. The van der Waals surface area contributed by atoms with E-state index in [9.17, 15) is 4.79 Å². The van der Waals surface area contributed by atoms with Crippen LogP contribution in [0.4, 0.5) is 5.69 Å². The summed E-state index contributed by atoms with van der Waals surface area (Å²) in [5, 5.41) is 1.07. The van der Waals surface area contributed by atoms with Gasteiger partial charge >= 0.3 is 5.63 Å². The number of nitrogens with zero attached hydrogens (tertiary/aromatic N) is 1. The van der Waals surface area contributed by atoms with E-state index < -0.39 is 0 Å². The molecule has 0 radical (unpaired) electrons. The van der Waals surface area contributed by atoms with E-state index in [0.717, 1.165) is 61.5 Å². The summed E-state index contributed by atoms with van der Waals surface area (Å²) < 4.78 is 10.9. The molecule has 1 saturated heterocycles. The minimum Gasteiger partial charge on any atom is -0.495 e. The molecule has 0 aliphatic carbocycles. The number of piperazine rings is 1. The highest BCUT2D eigenvalue weighted by Crippen LogP contribution is 2.27. The second-order valence-electron chi connectivity index (χ2n) is 7.36. The maximum Gasteiger partial charge on any atom is 0.336 e. The van der Waals surface area contributed by atoms with Crippen molar-refractivity contribution in [2.45, 2.75) is 19.9 Å². The second-order valence-corrected chi connectivity index (χ2v) is 7.36. The summed E-state index contributed by atoms with van der Waals surface area (Å²) in [5.41, 5.74) is 3.92. The van der Waals surface area contributed by atoms with Gasteiger partial charge in [-0.2, -0.15) is 0 Å². The Morgan fingerprint density at radius 3 is 2.64 bits per heavy atom. The van der Waals surface area contributed by atoms with Crippen LogP contribution in [-0.2, 0) is 13.0 Å². The highest BCUT2D eigenvalue weighted by molar-refractivity contribution is 5.80. The lowest BCUT2D eigenvalue weighted by molar-refractivity contribution is -0.914. The van der Waals surface area contributed by atoms with Gasteiger partial charge in [-0.15, -0.1) is 0 Å². The standard InChI is InChI=1S/C23H26N2O3/c1-3-17-8-9-21-19(14-17)18(15-23(26)28-21)16-24-10-12-25(13-11-24)20-6-4-5-7-22(20)27-2/h4-9,14-15H,3,10-13,16H2,1-2H3/p+1. The molecule has 2 heterocycles. The van der Waals surface area contributed by atoms with Crippen molar-refractivity contribution >= 4 is 16.7 Å². The van der Waals surface area contributed by atoms with Gasteiger partial charge in [-0.1, -0.05) is 25.1 Å². The molecule has 1 aliphatic heterocycles. The number of fused-ring (bicyclic) bond motifs is 1. The maximum atomic E-state index is 12.0. The molecular formula is C23H27N2O3+. The zero-order valence-electron chi connectivity index (χ0n) is 16.5. The number of hydrogen-bond donors (Lipinski definition) is 1. The van der Waals surface area contributed by atoms with Crippen molar-refractivity contribution in [2.75, 3.05) is 38.2 Å². The zero-order valence-corrected chi connectivity index (χ0v) is 16.5. The van der Waals surface area contributed by atoms with Crippen LogP contribution >= 0.6 is 0 Å². The van der Waals surface area contributed by atoms with Gasteiger partial charge in [0.2, 0.25) is 0 Å². The van der Waals surface area contributed by atoms with Gasteiger partial charge in [0, 0.05) is 17.0 Å². The van der Waals surface area contributed by atoms with Crippen molar-refractivity contribution < 1.29 is 14.1 Å². The Kier molecular flexibility index (Phi) is 5.35. The Bertz CT molecular complexity index is 1020. The van der Waals surface area contributed by atoms with Gasteiger partial charge < -0.3 is 19.0 Å². The molecule has 1 aromatic heterocycles. The summed E-state index contributed by atoms with van der Waals surface area (Å²) in [4.78, 5) is 15.9. The molecule has 28 heavy (non-hydrogen) atoms. The summed E-state index contributed by atoms with van der Waals surface area (Å²) in [6, 6.07) is 16.0. The number of methoxy groups -OCH3 is 1. The lowest BCUT2D eigenvalue weighted by Gasteiger charge is -2.34. The number of ether oxygens (including phenoxy) is 1. The van der Waals surface area contributed by atoms with Gasteiger partial charge in [-0.05, 0) is 36.2 Å². The van der Waals surface area contributed by atoms with E-state index in [1.807, 2.05) is 24.3 Å². The molecular weight excluding hydrogens is 352 g/mol. The van der Waals surface area contributed by atoms with E-state index >= 15 is 0 Å². The molecule has 5 nitrogen and oxygen atoms in total.